The summed E-state index contributed by atoms with van der Waals surface area (Å²) < 4.78 is 0. The van der Waals surface area contributed by atoms with E-state index in [1.54, 1.807) is 6.33 Å². The van der Waals surface area contributed by atoms with Gasteiger partial charge in [-0.25, -0.2) is 9.78 Å². The van der Waals surface area contributed by atoms with E-state index >= 15 is 0 Å². The number of hydrogen-bond donors (Lipinski definition) is 3. The predicted octanol–water partition coefficient (Wildman–Crippen LogP) is 3.65. The van der Waals surface area contributed by atoms with Gasteiger partial charge in [-0.3, -0.25) is 0 Å². The molecule has 120 valence electrons. The summed E-state index contributed by atoms with van der Waals surface area (Å²) in [6, 6.07) is 5.70. The van der Waals surface area contributed by atoms with Crippen LogP contribution < -0.4 is 10.6 Å². The van der Waals surface area contributed by atoms with Crippen LogP contribution in [0.3, 0.4) is 0 Å². The van der Waals surface area contributed by atoms with Crippen molar-refractivity contribution in [1.82, 2.24) is 15.3 Å². The summed E-state index contributed by atoms with van der Waals surface area (Å²) >= 11 is 0. The maximum Gasteiger partial charge on any atom is 0.319 e. The van der Waals surface area contributed by atoms with Crippen molar-refractivity contribution >= 4 is 22.8 Å². The van der Waals surface area contributed by atoms with Crippen molar-refractivity contribution in [2.24, 2.45) is 17.8 Å². The number of amides is 2. The lowest BCUT2D eigenvalue weighted by Gasteiger charge is -2.56. The molecule has 1 aromatic carbocycles. The molecule has 4 aliphatic rings. The number of nitrogens with zero attached hydrogens (tertiary/aromatic N) is 1. The number of benzene rings is 1. The monoisotopic (exact) mass is 310 g/mol. The van der Waals surface area contributed by atoms with Crippen molar-refractivity contribution in [3.8, 4) is 0 Å². The third-order valence-corrected chi connectivity index (χ3v) is 6.10. The second-order valence-electron chi connectivity index (χ2n) is 7.91. The van der Waals surface area contributed by atoms with E-state index in [0.717, 1.165) is 34.5 Å². The summed E-state index contributed by atoms with van der Waals surface area (Å²) in [5, 5.41) is 6.34. The van der Waals surface area contributed by atoms with E-state index in [1.165, 1.54) is 38.5 Å². The molecule has 23 heavy (non-hydrogen) atoms. The minimum Gasteiger partial charge on any atom is -0.345 e. The molecule has 6 rings (SSSR count). The fourth-order valence-corrected chi connectivity index (χ4v) is 5.68. The molecule has 0 unspecified atom stereocenters. The number of aromatic nitrogens is 2. The third kappa shape index (κ3) is 2.30. The number of carbonyl (C=O) groups excluding carboxylic acids is 1. The van der Waals surface area contributed by atoms with Crippen LogP contribution in [0.2, 0.25) is 0 Å². The van der Waals surface area contributed by atoms with Crippen molar-refractivity contribution in [1.29, 1.82) is 0 Å². The standard InChI is InChI=1S/C18H22N4O/c23-17(21-14-1-2-15-16(6-14)20-10-19-15)22-18-7-11-3-12(8-18)5-13(4-11)9-18/h1-2,6,10-13H,3-5,7-9H2,(H,19,20)(H2,21,22,23). The van der Waals surface area contributed by atoms with Crippen LogP contribution in [0.1, 0.15) is 38.5 Å². The Hall–Kier alpha value is -2.04. The molecular weight excluding hydrogens is 288 g/mol. The first-order chi connectivity index (χ1) is 11.2. The SMILES string of the molecule is O=C(Nc1ccc2nc[nH]c2c1)NC12CC3CC(CC(C3)C1)C2. The van der Waals surface area contributed by atoms with Gasteiger partial charge in [0.05, 0.1) is 17.4 Å². The number of imidazole rings is 1. The van der Waals surface area contributed by atoms with E-state index in [0.29, 0.717) is 0 Å². The highest BCUT2D eigenvalue weighted by molar-refractivity contribution is 5.92. The van der Waals surface area contributed by atoms with Crippen LogP contribution in [0, 0.1) is 17.8 Å². The number of rotatable bonds is 2. The van der Waals surface area contributed by atoms with Crippen LogP contribution in [0.4, 0.5) is 10.5 Å². The van der Waals surface area contributed by atoms with Crippen LogP contribution in [0.15, 0.2) is 24.5 Å². The zero-order chi connectivity index (χ0) is 15.4. The van der Waals surface area contributed by atoms with E-state index in [9.17, 15) is 4.79 Å². The number of H-pyrrole nitrogens is 1. The first kappa shape index (κ1) is 13.4. The summed E-state index contributed by atoms with van der Waals surface area (Å²) in [5.41, 5.74) is 2.72. The molecule has 4 fully saturated rings. The number of aromatic amines is 1. The lowest BCUT2D eigenvalue weighted by atomic mass is 9.53. The van der Waals surface area contributed by atoms with Gasteiger partial charge < -0.3 is 15.6 Å². The Labute approximate surface area is 135 Å². The first-order valence-electron chi connectivity index (χ1n) is 8.70. The number of carbonyl (C=O) groups is 1. The molecule has 0 radical (unpaired) electrons. The molecular formula is C18H22N4O. The van der Waals surface area contributed by atoms with Crippen LogP contribution in [-0.2, 0) is 0 Å². The number of hydrogen-bond acceptors (Lipinski definition) is 2. The third-order valence-electron chi connectivity index (χ3n) is 6.10. The Bertz CT molecular complexity index is 730. The van der Waals surface area contributed by atoms with Gasteiger partial charge in [-0.15, -0.1) is 0 Å². The van der Waals surface area contributed by atoms with Crippen LogP contribution in [0.25, 0.3) is 11.0 Å². The second-order valence-corrected chi connectivity index (χ2v) is 7.91. The Kier molecular flexibility index (Phi) is 2.75. The molecule has 5 nitrogen and oxygen atoms in total. The molecule has 5 heteroatoms. The summed E-state index contributed by atoms with van der Waals surface area (Å²) in [5.74, 6) is 2.51. The molecule has 2 aromatic rings. The van der Waals surface area contributed by atoms with E-state index in [2.05, 4.69) is 20.6 Å². The molecule has 4 bridgehead atoms. The Balaban J connectivity index is 1.31. The van der Waals surface area contributed by atoms with Gasteiger partial charge in [0.2, 0.25) is 0 Å². The molecule has 0 spiro atoms. The van der Waals surface area contributed by atoms with Gasteiger partial charge in [-0.1, -0.05) is 0 Å². The largest absolute Gasteiger partial charge is 0.345 e. The van der Waals surface area contributed by atoms with Gasteiger partial charge in [0.1, 0.15) is 0 Å². The van der Waals surface area contributed by atoms with E-state index in [1.807, 2.05) is 18.2 Å². The van der Waals surface area contributed by atoms with Crippen molar-refractivity contribution in [2.75, 3.05) is 5.32 Å². The van der Waals surface area contributed by atoms with Gasteiger partial charge in [-0.2, -0.15) is 0 Å². The fourth-order valence-electron chi connectivity index (χ4n) is 5.68. The average Bonchev–Trinajstić information content (AvgIpc) is 2.92. The van der Waals surface area contributed by atoms with E-state index < -0.39 is 0 Å². The molecule has 2 amide bonds. The van der Waals surface area contributed by atoms with Gasteiger partial charge in [0.25, 0.3) is 0 Å². The zero-order valence-electron chi connectivity index (χ0n) is 13.1. The highest BCUT2D eigenvalue weighted by atomic mass is 16.2. The van der Waals surface area contributed by atoms with Gasteiger partial charge in [0, 0.05) is 11.2 Å². The smallest absolute Gasteiger partial charge is 0.319 e. The van der Waals surface area contributed by atoms with E-state index in [4.69, 9.17) is 0 Å². The molecule has 3 N–H and O–H groups in total. The number of fused-ring (bicyclic) bond motifs is 1. The molecule has 4 aliphatic carbocycles. The highest BCUT2D eigenvalue weighted by Gasteiger charge is 2.51. The average molecular weight is 310 g/mol. The fraction of sp³-hybridized carbons (Fsp3) is 0.556. The maximum atomic E-state index is 12.5. The van der Waals surface area contributed by atoms with Crippen LogP contribution in [-0.4, -0.2) is 21.5 Å². The predicted molar refractivity (Wildman–Crippen MR) is 89.2 cm³/mol. The molecule has 0 saturated heterocycles. The normalized spacial score (nSPS) is 34.7. The second kappa shape index (κ2) is 4.73. The van der Waals surface area contributed by atoms with Gasteiger partial charge in [-0.05, 0) is 74.5 Å². The minimum absolute atomic E-state index is 0.0525. The van der Waals surface area contributed by atoms with E-state index in [-0.39, 0.29) is 11.6 Å². The lowest BCUT2D eigenvalue weighted by Crippen LogP contribution is -2.60. The van der Waals surface area contributed by atoms with Crippen molar-refractivity contribution in [3.05, 3.63) is 24.5 Å². The molecule has 0 atom stereocenters. The van der Waals surface area contributed by atoms with Crippen LogP contribution >= 0.6 is 0 Å². The summed E-state index contributed by atoms with van der Waals surface area (Å²) in [7, 11) is 0. The summed E-state index contributed by atoms with van der Waals surface area (Å²) in [4.78, 5) is 19.8. The lowest BCUT2D eigenvalue weighted by molar-refractivity contribution is -0.0127. The quantitative estimate of drug-likeness (QED) is 0.792. The zero-order valence-corrected chi connectivity index (χ0v) is 13.1. The molecule has 1 aromatic heterocycles. The molecule has 4 saturated carbocycles. The number of anilines is 1. The summed E-state index contributed by atoms with van der Waals surface area (Å²) in [6.07, 6.45) is 9.35. The minimum atomic E-state index is -0.0641. The molecule has 0 aliphatic heterocycles. The van der Waals surface area contributed by atoms with Crippen molar-refractivity contribution < 1.29 is 4.79 Å². The highest BCUT2D eigenvalue weighted by Crippen LogP contribution is 2.55. The van der Waals surface area contributed by atoms with Gasteiger partial charge in [0.15, 0.2) is 0 Å². The first-order valence-corrected chi connectivity index (χ1v) is 8.70. The van der Waals surface area contributed by atoms with Crippen molar-refractivity contribution in [2.45, 2.75) is 44.1 Å². The van der Waals surface area contributed by atoms with Crippen LogP contribution in [0.5, 0.6) is 0 Å². The maximum absolute atomic E-state index is 12.5. The van der Waals surface area contributed by atoms with Crippen molar-refractivity contribution in [3.63, 3.8) is 0 Å². The Morgan fingerprint density at radius 2 is 1.83 bits per heavy atom. The number of nitrogens with one attached hydrogen (secondary N) is 3. The Morgan fingerprint density at radius 1 is 1.13 bits per heavy atom. The Morgan fingerprint density at radius 3 is 2.52 bits per heavy atom. The topological polar surface area (TPSA) is 69.8 Å². The van der Waals surface area contributed by atoms with Gasteiger partial charge >= 0.3 is 6.03 Å². The number of urea groups is 1. The summed E-state index contributed by atoms with van der Waals surface area (Å²) in [6.45, 7) is 0. The molecule has 1 heterocycles.